The molecule has 7 heteroatoms. The Kier molecular flexibility index (Phi) is 7.63. The molecule has 1 fully saturated rings. The zero-order chi connectivity index (χ0) is 24.6. The molecule has 178 valence electrons. The van der Waals surface area contributed by atoms with E-state index >= 15 is 0 Å². The van der Waals surface area contributed by atoms with Gasteiger partial charge >= 0.3 is 6.03 Å². The summed E-state index contributed by atoms with van der Waals surface area (Å²) in [5.74, 6) is 0.711. The van der Waals surface area contributed by atoms with Gasteiger partial charge in [-0.1, -0.05) is 42.5 Å². The summed E-state index contributed by atoms with van der Waals surface area (Å²) in [6.07, 6.45) is 1.69. The molecule has 0 atom stereocenters. The van der Waals surface area contributed by atoms with Gasteiger partial charge in [-0.2, -0.15) is 5.26 Å². The van der Waals surface area contributed by atoms with Crippen LogP contribution in [0, 0.1) is 11.3 Å². The molecular formula is C28H28N4O3. The Bertz CT molecular complexity index is 1210. The monoisotopic (exact) mass is 468 g/mol. The fraction of sp³-hybridized carbons (Fsp3) is 0.250. The predicted octanol–water partition coefficient (Wildman–Crippen LogP) is 4.91. The van der Waals surface area contributed by atoms with E-state index in [4.69, 9.17) is 10.00 Å². The number of rotatable bonds is 6. The van der Waals surface area contributed by atoms with E-state index in [1.165, 1.54) is 12.7 Å². The average molecular weight is 469 g/mol. The Morgan fingerprint density at radius 3 is 2.40 bits per heavy atom. The van der Waals surface area contributed by atoms with E-state index in [2.05, 4.69) is 16.7 Å². The first-order valence-corrected chi connectivity index (χ1v) is 11.6. The van der Waals surface area contributed by atoms with Gasteiger partial charge in [0.2, 0.25) is 0 Å². The van der Waals surface area contributed by atoms with E-state index in [1.807, 2.05) is 59.5 Å². The Hall–Kier alpha value is -4.31. The molecule has 0 spiro atoms. The number of likely N-dealkylation sites (tertiary alicyclic amines) is 1. The van der Waals surface area contributed by atoms with E-state index in [0.29, 0.717) is 48.1 Å². The van der Waals surface area contributed by atoms with Crippen molar-refractivity contribution in [3.8, 4) is 11.8 Å². The van der Waals surface area contributed by atoms with Crippen molar-refractivity contribution in [1.82, 2.24) is 10.2 Å². The lowest BCUT2D eigenvalue weighted by Gasteiger charge is -2.32. The number of hydrogen-bond donors (Lipinski definition) is 2. The van der Waals surface area contributed by atoms with Crippen LogP contribution in [0.15, 0.2) is 72.8 Å². The number of urea groups is 1. The standard InChI is InChI=1S/C28H28N4O3/c1-35-26-12-11-24(31-28(34)30-19-21-5-3-2-4-6-21)17-25(26)27(33)32-15-13-23(14-16-32)22-9-7-20(18-29)8-10-22/h2-12,17,23H,13-16,19H2,1H3,(H2,30,31,34). The summed E-state index contributed by atoms with van der Waals surface area (Å²) in [5.41, 5.74) is 3.78. The maximum absolute atomic E-state index is 13.3. The molecule has 3 amide bonds. The SMILES string of the molecule is COc1ccc(NC(=O)NCc2ccccc2)cc1C(=O)N1CCC(c2ccc(C#N)cc2)CC1. The van der Waals surface area contributed by atoms with E-state index in [1.54, 1.807) is 18.2 Å². The van der Waals surface area contributed by atoms with E-state index in [0.717, 1.165) is 18.4 Å². The third kappa shape index (κ3) is 5.98. The normalized spacial score (nSPS) is 13.5. The summed E-state index contributed by atoms with van der Waals surface area (Å²) >= 11 is 0. The minimum Gasteiger partial charge on any atom is -0.496 e. The molecule has 0 bridgehead atoms. The lowest BCUT2D eigenvalue weighted by Crippen LogP contribution is -2.38. The number of nitriles is 1. The molecule has 1 aliphatic rings. The van der Waals surface area contributed by atoms with Gasteiger partial charge in [0, 0.05) is 25.3 Å². The Morgan fingerprint density at radius 2 is 1.74 bits per heavy atom. The van der Waals surface area contributed by atoms with Crippen LogP contribution >= 0.6 is 0 Å². The van der Waals surface area contributed by atoms with Crippen molar-refractivity contribution >= 4 is 17.6 Å². The number of piperidine rings is 1. The number of nitrogens with one attached hydrogen (secondary N) is 2. The zero-order valence-electron chi connectivity index (χ0n) is 19.7. The molecule has 1 heterocycles. The predicted molar refractivity (Wildman–Crippen MR) is 134 cm³/mol. The van der Waals surface area contributed by atoms with Crippen molar-refractivity contribution in [2.75, 3.05) is 25.5 Å². The molecule has 1 aliphatic heterocycles. The van der Waals surface area contributed by atoms with Crippen LogP contribution in [0.3, 0.4) is 0 Å². The first-order valence-electron chi connectivity index (χ1n) is 11.6. The van der Waals surface area contributed by atoms with Crippen LogP contribution in [0.2, 0.25) is 0 Å². The molecule has 3 aromatic carbocycles. The fourth-order valence-corrected chi connectivity index (χ4v) is 4.32. The van der Waals surface area contributed by atoms with Gasteiger partial charge in [0.1, 0.15) is 5.75 Å². The molecule has 35 heavy (non-hydrogen) atoms. The highest BCUT2D eigenvalue weighted by atomic mass is 16.5. The summed E-state index contributed by atoms with van der Waals surface area (Å²) in [6, 6.07) is 24.2. The van der Waals surface area contributed by atoms with E-state index in [-0.39, 0.29) is 11.9 Å². The summed E-state index contributed by atoms with van der Waals surface area (Å²) < 4.78 is 5.43. The highest BCUT2D eigenvalue weighted by Gasteiger charge is 2.26. The molecule has 4 rings (SSSR count). The van der Waals surface area contributed by atoms with Gasteiger partial charge in [-0.25, -0.2) is 4.79 Å². The van der Waals surface area contributed by atoms with Crippen molar-refractivity contribution < 1.29 is 14.3 Å². The third-order valence-electron chi connectivity index (χ3n) is 6.28. The van der Waals surface area contributed by atoms with E-state index < -0.39 is 0 Å². The number of anilines is 1. The van der Waals surface area contributed by atoms with E-state index in [9.17, 15) is 9.59 Å². The van der Waals surface area contributed by atoms with Crippen molar-refractivity contribution in [2.45, 2.75) is 25.3 Å². The first kappa shape index (κ1) is 23.8. The van der Waals surface area contributed by atoms with Gasteiger partial charge in [0.25, 0.3) is 5.91 Å². The summed E-state index contributed by atoms with van der Waals surface area (Å²) in [7, 11) is 1.53. The van der Waals surface area contributed by atoms with Crippen molar-refractivity contribution in [2.24, 2.45) is 0 Å². The Labute approximate surface area is 205 Å². The van der Waals surface area contributed by atoms with Crippen LogP contribution in [0.25, 0.3) is 0 Å². The number of carbonyl (C=O) groups excluding carboxylic acids is 2. The minimum atomic E-state index is -0.347. The van der Waals surface area contributed by atoms with Crippen LogP contribution in [0.5, 0.6) is 5.75 Å². The second kappa shape index (κ2) is 11.2. The number of nitrogens with zero attached hydrogens (tertiary/aromatic N) is 2. The third-order valence-corrected chi connectivity index (χ3v) is 6.28. The lowest BCUT2D eigenvalue weighted by atomic mass is 9.89. The first-order chi connectivity index (χ1) is 17.1. The topological polar surface area (TPSA) is 94.5 Å². The van der Waals surface area contributed by atoms with Gasteiger partial charge < -0.3 is 20.3 Å². The van der Waals surface area contributed by atoms with Crippen LogP contribution < -0.4 is 15.4 Å². The Morgan fingerprint density at radius 1 is 1.03 bits per heavy atom. The minimum absolute atomic E-state index is 0.117. The smallest absolute Gasteiger partial charge is 0.319 e. The maximum atomic E-state index is 13.3. The molecule has 0 radical (unpaired) electrons. The van der Waals surface area contributed by atoms with Crippen LogP contribution in [0.4, 0.5) is 10.5 Å². The number of amides is 3. The van der Waals surface area contributed by atoms with Crippen LogP contribution in [0.1, 0.15) is 45.8 Å². The van der Waals surface area contributed by atoms with Gasteiger partial charge in [-0.05, 0) is 60.2 Å². The summed E-state index contributed by atoms with van der Waals surface area (Å²) in [6.45, 7) is 1.66. The molecule has 7 nitrogen and oxygen atoms in total. The molecule has 0 aromatic heterocycles. The lowest BCUT2D eigenvalue weighted by molar-refractivity contribution is 0.0709. The molecule has 1 saturated heterocycles. The quantitative estimate of drug-likeness (QED) is 0.538. The van der Waals surface area contributed by atoms with Crippen LogP contribution in [-0.4, -0.2) is 37.0 Å². The molecule has 0 aliphatic carbocycles. The second-order valence-corrected chi connectivity index (χ2v) is 8.51. The Balaban J connectivity index is 1.38. The zero-order valence-corrected chi connectivity index (χ0v) is 19.7. The number of benzene rings is 3. The highest BCUT2D eigenvalue weighted by Crippen LogP contribution is 2.31. The fourth-order valence-electron chi connectivity index (χ4n) is 4.32. The molecular weight excluding hydrogens is 440 g/mol. The van der Waals surface area contributed by atoms with Gasteiger partial charge in [0.15, 0.2) is 0 Å². The number of hydrogen-bond acceptors (Lipinski definition) is 4. The second-order valence-electron chi connectivity index (χ2n) is 8.51. The number of methoxy groups -OCH3 is 1. The van der Waals surface area contributed by atoms with Crippen LogP contribution in [-0.2, 0) is 6.54 Å². The maximum Gasteiger partial charge on any atom is 0.319 e. The van der Waals surface area contributed by atoms with Crippen molar-refractivity contribution in [3.63, 3.8) is 0 Å². The van der Waals surface area contributed by atoms with Crippen molar-refractivity contribution in [3.05, 3.63) is 95.1 Å². The number of ether oxygens (including phenoxy) is 1. The molecule has 3 aromatic rings. The summed E-state index contributed by atoms with van der Waals surface area (Å²) in [5, 5.41) is 14.6. The van der Waals surface area contributed by atoms with Crippen molar-refractivity contribution in [1.29, 1.82) is 5.26 Å². The largest absolute Gasteiger partial charge is 0.496 e. The molecule has 0 unspecified atom stereocenters. The molecule has 0 saturated carbocycles. The highest BCUT2D eigenvalue weighted by molar-refractivity contribution is 5.99. The van der Waals surface area contributed by atoms with Gasteiger partial charge in [0.05, 0.1) is 24.3 Å². The average Bonchev–Trinajstić information content (AvgIpc) is 2.92. The van der Waals surface area contributed by atoms with Gasteiger partial charge in [-0.15, -0.1) is 0 Å². The molecule has 2 N–H and O–H groups in total. The van der Waals surface area contributed by atoms with Gasteiger partial charge in [-0.3, -0.25) is 4.79 Å². The summed E-state index contributed by atoms with van der Waals surface area (Å²) in [4.78, 5) is 27.5. The number of carbonyl (C=O) groups is 2.